The van der Waals surface area contributed by atoms with Crippen LogP contribution in [0.4, 0.5) is 14.7 Å². The minimum Gasteiger partial charge on any atom is -0.368 e. The molecule has 4 rings (SSSR count). The van der Waals surface area contributed by atoms with E-state index < -0.39 is 24.7 Å². The number of rotatable bonds is 6. The van der Waals surface area contributed by atoms with E-state index in [0.29, 0.717) is 16.5 Å². The Morgan fingerprint density at radius 1 is 1.06 bits per heavy atom. The summed E-state index contributed by atoms with van der Waals surface area (Å²) in [6.45, 7) is 0. The standard InChI is InChI=1S/C23H21F2N5O2/c1-27-21(31)16(7-9-19(24)25)13-6-8-18-17(10-13)20(29-23(26)28-18)22(32)30-11-14-4-2-3-5-15(14)12-30/h2-6,8,10-12,16,19H,7,9H2,1H3,(H,27,31)(H2,26,28,29). The van der Waals surface area contributed by atoms with Crippen molar-refractivity contribution in [3.05, 3.63) is 66.1 Å². The van der Waals surface area contributed by atoms with E-state index in [1.54, 1.807) is 30.6 Å². The van der Waals surface area contributed by atoms with Gasteiger partial charge < -0.3 is 11.1 Å². The predicted octanol–water partition coefficient (Wildman–Crippen LogP) is 3.73. The van der Waals surface area contributed by atoms with Gasteiger partial charge in [0.2, 0.25) is 18.3 Å². The molecule has 2 heterocycles. The molecular weight excluding hydrogens is 416 g/mol. The number of fused-ring (bicyclic) bond motifs is 2. The summed E-state index contributed by atoms with van der Waals surface area (Å²) >= 11 is 0. The molecule has 3 N–H and O–H groups in total. The van der Waals surface area contributed by atoms with Gasteiger partial charge in [0.1, 0.15) is 5.69 Å². The minimum atomic E-state index is -2.52. The fraction of sp³-hybridized carbons (Fsp3) is 0.217. The average molecular weight is 437 g/mol. The van der Waals surface area contributed by atoms with Gasteiger partial charge in [-0.2, -0.15) is 0 Å². The third kappa shape index (κ3) is 4.14. The van der Waals surface area contributed by atoms with Crippen LogP contribution in [0.5, 0.6) is 0 Å². The number of alkyl halides is 2. The maximum absolute atomic E-state index is 13.3. The van der Waals surface area contributed by atoms with Crippen LogP contribution in [0.25, 0.3) is 21.7 Å². The Morgan fingerprint density at radius 3 is 2.38 bits per heavy atom. The minimum absolute atomic E-state index is 0.0368. The first-order valence-corrected chi connectivity index (χ1v) is 10.1. The van der Waals surface area contributed by atoms with Gasteiger partial charge in [0, 0.05) is 31.2 Å². The topological polar surface area (TPSA) is 103 Å². The predicted molar refractivity (Wildman–Crippen MR) is 118 cm³/mol. The number of benzene rings is 2. The highest BCUT2D eigenvalue weighted by Crippen LogP contribution is 2.28. The molecule has 0 saturated heterocycles. The monoisotopic (exact) mass is 437 g/mol. The number of nitrogens with zero attached hydrogens (tertiary/aromatic N) is 3. The molecule has 7 nitrogen and oxygen atoms in total. The summed E-state index contributed by atoms with van der Waals surface area (Å²) in [6.07, 6.45) is 0.412. The lowest BCUT2D eigenvalue weighted by Gasteiger charge is -2.17. The van der Waals surface area contributed by atoms with Gasteiger partial charge in [-0.3, -0.25) is 14.2 Å². The summed E-state index contributed by atoms with van der Waals surface area (Å²) in [7, 11) is 1.45. The SMILES string of the molecule is CNC(=O)C(CCC(F)F)c1ccc2nc(N)nc(C(=O)n3cc4ccccc4c3)c2c1. The number of hydrogen-bond acceptors (Lipinski definition) is 5. The van der Waals surface area contributed by atoms with E-state index in [0.717, 1.165) is 10.8 Å². The molecule has 0 aliphatic rings. The number of nitrogens with two attached hydrogens (primary N) is 1. The molecule has 1 amide bonds. The molecule has 32 heavy (non-hydrogen) atoms. The number of halogens is 2. The van der Waals surface area contributed by atoms with Crippen molar-refractivity contribution in [2.45, 2.75) is 25.2 Å². The first-order chi connectivity index (χ1) is 15.4. The number of carbonyl (C=O) groups excluding carboxylic acids is 2. The Bertz CT molecular complexity index is 1290. The normalized spacial score (nSPS) is 12.4. The average Bonchev–Trinajstić information content (AvgIpc) is 3.22. The molecule has 0 spiro atoms. The van der Waals surface area contributed by atoms with E-state index in [4.69, 9.17) is 5.73 Å². The van der Waals surface area contributed by atoms with E-state index >= 15 is 0 Å². The van der Waals surface area contributed by atoms with E-state index in [9.17, 15) is 18.4 Å². The summed E-state index contributed by atoms with van der Waals surface area (Å²) in [5.41, 5.74) is 6.82. The van der Waals surface area contributed by atoms with Gasteiger partial charge in [0.05, 0.1) is 11.4 Å². The molecule has 0 aliphatic carbocycles. The Labute approximate surface area is 182 Å². The molecule has 0 fully saturated rings. The number of hydrogen-bond donors (Lipinski definition) is 2. The van der Waals surface area contributed by atoms with Crippen molar-refractivity contribution in [3.63, 3.8) is 0 Å². The summed E-state index contributed by atoms with van der Waals surface area (Å²) in [5, 5.41) is 4.69. The quantitative estimate of drug-likeness (QED) is 0.479. The number of carbonyl (C=O) groups is 2. The van der Waals surface area contributed by atoms with Crippen LogP contribution >= 0.6 is 0 Å². The molecule has 2 aromatic carbocycles. The third-order valence-electron chi connectivity index (χ3n) is 5.37. The molecular formula is C23H21F2N5O2. The largest absolute Gasteiger partial charge is 0.368 e. The lowest BCUT2D eigenvalue weighted by Crippen LogP contribution is -2.26. The van der Waals surface area contributed by atoms with Crippen molar-refractivity contribution in [1.82, 2.24) is 19.9 Å². The van der Waals surface area contributed by atoms with Crippen molar-refractivity contribution >= 4 is 39.4 Å². The van der Waals surface area contributed by atoms with Crippen LogP contribution in [0, 0.1) is 0 Å². The third-order valence-corrected chi connectivity index (χ3v) is 5.37. The first-order valence-electron chi connectivity index (χ1n) is 10.1. The van der Waals surface area contributed by atoms with E-state index in [-0.39, 0.29) is 24.0 Å². The molecule has 164 valence electrons. The maximum atomic E-state index is 13.3. The number of nitrogens with one attached hydrogen (secondary N) is 1. The fourth-order valence-corrected chi connectivity index (χ4v) is 3.78. The molecule has 0 bridgehead atoms. The Balaban J connectivity index is 1.81. The van der Waals surface area contributed by atoms with Crippen molar-refractivity contribution in [2.75, 3.05) is 12.8 Å². The van der Waals surface area contributed by atoms with E-state index in [1.165, 1.54) is 11.6 Å². The van der Waals surface area contributed by atoms with Gasteiger partial charge in [0.15, 0.2) is 0 Å². The van der Waals surface area contributed by atoms with Gasteiger partial charge in [-0.05, 0) is 34.9 Å². The zero-order valence-electron chi connectivity index (χ0n) is 17.3. The smallest absolute Gasteiger partial charge is 0.281 e. The Hall–Kier alpha value is -3.88. The van der Waals surface area contributed by atoms with Gasteiger partial charge in [-0.15, -0.1) is 0 Å². The van der Waals surface area contributed by atoms with Crippen LogP contribution in [0.1, 0.15) is 34.8 Å². The van der Waals surface area contributed by atoms with Gasteiger partial charge in [-0.1, -0.05) is 30.3 Å². The summed E-state index contributed by atoms with van der Waals surface area (Å²) in [6, 6.07) is 12.4. The zero-order chi connectivity index (χ0) is 22.8. The highest BCUT2D eigenvalue weighted by atomic mass is 19.3. The maximum Gasteiger partial charge on any atom is 0.281 e. The van der Waals surface area contributed by atoms with Crippen LogP contribution < -0.4 is 11.1 Å². The molecule has 1 unspecified atom stereocenters. The second kappa shape index (κ2) is 8.70. The zero-order valence-corrected chi connectivity index (χ0v) is 17.3. The van der Waals surface area contributed by atoms with Gasteiger partial charge in [-0.25, -0.2) is 18.7 Å². The van der Waals surface area contributed by atoms with Crippen LogP contribution in [-0.2, 0) is 4.79 Å². The van der Waals surface area contributed by atoms with E-state index in [2.05, 4.69) is 15.3 Å². The molecule has 0 aliphatic heterocycles. The number of amides is 1. The van der Waals surface area contributed by atoms with Crippen LogP contribution in [-0.4, -0.2) is 39.8 Å². The molecule has 2 aromatic heterocycles. The van der Waals surface area contributed by atoms with Crippen LogP contribution in [0.2, 0.25) is 0 Å². The molecule has 4 aromatic rings. The second-order valence-electron chi connectivity index (χ2n) is 7.44. The lowest BCUT2D eigenvalue weighted by atomic mass is 9.92. The molecule has 0 radical (unpaired) electrons. The number of anilines is 1. The van der Waals surface area contributed by atoms with Crippen molar-refractivity contribution in [3.8, 4) is 0 Å². The summed E-state index contributed by atoms with van der Waals surface area (Å²) in [5.74, 6) is -1.66. The van der Waals surface area contributed by atoms with E-state index in [1.807, 2.05) is 24.3 Å². The molecule has 1 atom stereocenters. The van der Waals surface area contributed by atoms with Gasteiger partial charge in [0.25, 0.3) is 5.91 Å². The van der Waals surface area contributed by atoms with Crippen molar-refractivity contribution < 1.29 is 18.4 Å². The first kappa shape index (κ1) is 21.4. The van der Waals surface area contributed by atoms with Crippen molar-refractivity contribution in [2.24, 2.45) is 0 Å². The Morgan fingerprint density at radius 2 is 1.75 bits per heavy atom. The summed E-state index contributed by atoms with van der Waals surface area (Å²) in [4.78, 5) is 34.0. The Kier molecular flexibility index (Phi) is 5.81. The highest BCUT2D eigenvalue weighted by Gasteiger charge is 2.24. The number of likely N-dealkylation sites (N-methyl/N-ethyl adjacent to an activating group) is 1. The van der Waals surface area contributed by atoms with Crippen LogP contribution in [0.15, 0.2) is 54.9 Å². The fourth-order valence-electron chi connectivity index (χ4n) is 3.78. The molecule has 0 saturated carbocycles. The van der Waals surface area contributed by atoms with Gasteiger partial charge >= 0.3 is 0 Å². The molecule has 9 heteroatoms. The number of aromatic nitrogens is 3. The van der Waals surface area contributed by atoms with Crippen LogP contribution in [0.3, 0.4) is 0 Å². The highest BCUT2D eigenvalue weighted by molar-refractivity contribution is 6.07. The number of nitrogen functional groups attached to an aromatic ring is 1. The second-order valence-corrected chi connectivity index (χ2v) is 7.44. The summed E-state index contributed by atoms with van der Waals surface area (Å²) < 4.78 is 27.0. The van der Waals surface area contributed by atoms with Crippen molar-refractivity contribution in [1.29, 1.82) is 0 Å². The lowest BCUT2D eigenvalue weighted by molar-refractivity contribution is -0.122.